The lowest BCUT2D eigenvalue weighted by molar-refractivity contribution is -0.130. The zero-order valence-electron chi connectivity index (χ0n) is 14.7. The van der Waals surface area contributed by atoms with Crippen LogP contribution in [0.2, 0.25) is 0 Å². The Morgan fingerprint density at radius 3 is 2.67 bits per heavy atom. The van der Waals surface area contributed by atoms with Crippen molar-refractivity contribution in [1.29, 1.82) is 0 Å². The summed E-state index contributed by atoms with van der Waals surface area (Å²) < 4.78 is 5.68. The average Bonchev–Trinajstić information content (AvgIpc) is 2.61. The van der Waals surface area contributed by atoms with Crippen molar-refractivity contribution < 1.29 is 14.3 Å². The molecule has 1 aliphatic rings. The summed E-state index contributed by atoms with van der Waals surface area (Å²) in [5.74, 6) is -0.0870. The molecule has 5 heteroatoms. The van der Waals surface area contributed by atoms with Crippen LogP contribution in [0.25, 0.3) is 0 Å². The lowest BCUT2D eigenvalue weighted by atomic mass is 10.1. The molecule has 2 rings (SSSR count). The Hall–Kier alpha value is -1.88. The number of ether oxygens (including phenoxy) is 1. The number of hydrogen-bond acceptors (Lipinski definition) is 3. The number of carbonyl (C=O) groups excluding carboxylic acids is 2. The van der Waals surface area contributed by atoms with Gasteiger partial charge in [0.15, 0.2) is 0 Å². The van der Waals surface area contributed by atoms with E-state index in [4.69, 9.17) is 4.74 Å². The molecule has 132 valence electrons. The van der Waals surface area contributed by atoms with Gasteiger partial charge in [0.05, 0.1) is 6.10 Å². The van der Waals surface area contributed by atoms with E-state index >= 15 is 0 Å². The highest BCUT2D eigenvalue weighted by Crippen LogP contribution is 2.15. The predicted molar refractivity (Wildman–Crippen MR) is 94.0 cm³/mol. The molecule has 24 heavy (non-hydrogen) atoms. The highest BCUT2D eigenvalue weighted by Gasteiger charge is 2.16. The molecule has 0 bridgehead atoms. The molecule has 1 unspecified atom stereocenters. The molecule has 1 saturated heterocycles. The molecule has 1 aliphatic heterocycles. The van der Waals surface area contributed by atoms with E-state index in [0.717, 1.165) is 31.4 Å². The van der Waals surface area contributed by atoms with Gasteiger partial charge >= 0.3 is 0 Å². The Labute approximate surface area is 144 Å². The van der Waals surface area contributed by atoms with Gasteiger partial charge in [-0.25, -0.2) is 0 Å². The van der Waals surface area contributed by atoms with E-state index in [1.54, 1.807) is 17.0 Å². The molecule has 0 spiro atoms. The first kappa shape index (κ1) is 18.5. The summed E-state index contributed by atoms with van der Waals surface area (Å²) in [7, 11) is 1.81. The van der Waals surface area contributed by atoms with Gasteiger partial charge in [-0.1, -0.05) is 17.7 Å². The first-order valence-corrected chi connectivity index (χ1v) is 8.76. The van der Waals surface area contributed by atoms with E-state index in [1.165, 1.54) is 6.42 Å². The van der Waals surface area contributed by atoms with E-state index in [0.29, 0.717) is 25.1 Å². The van der Waals surface area contributed by atoms with Gasteiger partial charge < -0.3 is 15.0 Å². The quantitative estimate of drug-likeness (QED) is 0.835. The Kier molecular flexibility index (Phi) is 7.25. The van der Waals surface area contributed by atoms with Crippen LogP contribution in [0.5, 0.6) is 0 Å². The molecule has 1 fully saturated rings. The van der Waals surface area contributed by atoms with Crippen LogP contribution in [0, 0.1) is 6.92 Å². The molecule has 1 heterocycles. The second-order valence-corrected chi connectivity index (χ2v) is 6.46. The Morgan fingerprint density at radius 1 is 1.25 bits per heavy atom. The van der Waals surface area contributed by atoms with E-state index < -0.39 is 0 Å². The third-order valence-corrected chi connectivity index (χ3v) is 4.42. The fraction of sp³-hybridized carbons (Fsp3) is 0.579. The van der Waals surface area contributed by atoms with Crippen molar-refractivity contribution in [2.45, 2.75) is 45.1 Å². The maximum atomic E-state index is 12.1. The van der Waals surface area contributed by atoms with Crippen LogP contribution < -0.4 is 5.32 Å². The zero-order valence-corrected chi connectivity index (χ0v) is 14.7. The molecule has 1 aromatic carbocycles. The van der Waals surface area contributed by atoms with Crippen molar-refractivity contribution in [3.63, 3.8) is 0 Å². The Balaban J connectivity index is 1.64. The maximum absolute atomic E-state index is 12.1. The number of amides is 2. The third kappa shape index (κ3) is 5.96. The van der Waals surface area contributed by atoms with Gasteiger partial charge in [-0.2, -0.15) is 0 Å². The van der Waals surface area contributed by atoms with Crippen LogP contribution in [0.3, 0.4) is 0 Å². The average molecular weight is 332 g/mol. The van der Waals surface area contributed by atoms with Gasteiger partial charge in [0.25, 0.3) is 5.91 Å². The standard InChI is InChI=1S/C19H28N2O3/c1-15-6-8-16(9-7-15)19(23)20-12-10-18(22)21(2)13-11-17-5-3-4-14-24-17/h6-9,17H,3-5,10-14H2,1-2H3,(H,20,23). The number of hydrogen-bond donors (Lipinski definition) is 1. The van der Waals surface area contributed by atoms with Crippen LogP contribution in [-0.4, -0.2) is 49.6 Å². The van der Waals surface area contributed by atoms with Gasteiger partial charge in [-0.05, 0) is 44.7 Å². The second kappa shape index (κ2) is 9.42. The molecule has 1 atom stereocenters. The smallest absolute Gasteiger partial charge is 0.251 e. The number of rotatable bonds is 7. The summed E-state index contributed by atoms with van der Waals surface area (Å²) in [6.07, 6.45) is 4.95. The van der Waals surface area contributed by atoms with Crippen LogP contribution in [0.4, 0.5) is 0 Å². The lowest BCUT2D eigenvalue weighted by Gasteiger charge is -2.25. The monoisotopic (exact) mass is 332 g/mol. The topological polar surface area (TPSA) is 58.6 Å². The minimum absolute atomic E-state index is 0.0509. The molecule has 5 nitrogen and oxygen atoms in total. The van der Waals surface area contributed by atoms with Crippen molar-refractivity contribution in [3.8, 4) is 0 Å². The number of nitrogens with one attached hydrogen (secondary N) is 1. The van der Waals surface area contributed by atoms with Crippen LogP contribution in [0.1, 0.15) is 48.0 Å². The van der Waals surface area contributed by atoms with Gasteiger partial charge in [-0.15, -0.1) is 0 Å². The van der Waals surface area contributed by atoms with Crippen molar-refractivity contribution in [2.24, 2.45) is 0 Å². The van der Waals surface area contributed by atoms with Crippen molar-refractivity contribution in [2.75, 3.05) is 26.7 Å². The fourth-order valence-electron chi connectivity index (χ4n) is 2.78. The number of aryl methyl sites for hydroxylation is 1. The van der Waals surface area contributed by atoms with E-state index in [9.17, 15) is 9.59 Å². The van der Waals surface area contributed by atoms with Gasteiger partial charge in [0.2, 0.25) is 5.91 Å². The van der Waals surface area contributed by atoms with Crippen molar-refractivity contribution >= 4 is 11.8 Å². The van der Waals surface area contributed by atoms with E-state index in [1.807, 2.05) is 26.1 Å². The van der Waals surface area contributed by atoms with Crippen molar-refractivity contribution in [3.05, 3.63) is 35.4 Å². The molecule has 0 radical (unpaired) electrons. The molecular formula is C19H28N2O3. The molecule has 1 N–H and O–H groups in total. The molecule has 0 aliphatic carbocycles. The first-order chi connectivity index (χ1) is 11.6. The van der Waals surface area contributed by atoms with E-state index in [2.05, 4.69) is 5.32 Å². The Bertz CT molecular complexity index is 536. The van der Waals surface area contributed by atoms with Crippen molar-refractivity contribution in [1.82, 2.24) is 10.2 Å². The predicted octanol–water partition coefficient (Wildman–Crippen LogP) is 2.53. The van der Waals surface area contributed by atoms with Gasteiger partial charge in [0, 0.05) is 38.7 Å². The Morgan fingerprint density at radius 2 is 2.00 bits per heavy atom. The first-order valence-electron chi connectivity index (χ1n) is 8.76. The lowest BCUT2D eigenvalue weighted by Crippen LogP contribution is -2.34. The minimum Gasteiger partial charge on any atom is -0.378 e. The molecule has 1 aromatic rings. The molecule has 2 amide bonds. The van der Waals surface area contributed by atoms with Crippen LogP contribution >= 0.6 is 0 Å². The van der Waals surface area contributed by atoms with E-state index in [-0.39, 0.29) is 17.9 Å². The highest BCUT2D eigenvalue weighted by molar-refractivity contribution is 5.94. The number of nitrogens with zero attached hydrogens (tertiary/aromatic N) is 1. The molecular weight excluding hydrogens is 304 g/mol. The minimum atomic E-state index is -0.138. The summed E-state index contributed by atoms with van der Waals surface area (Å²) in [5, 5.41) is 2.80. The molecule has 0 saturated carbocycles. The van der Waals surface area contributed by atoms with Gasteiger partial charge in [-0.3, -0.25) is 9.59 Å². The van der Waals surface area contributed by atoms with Crippen LogP contribution in [0.15, 0.2) is 24.3 Å². The SMILES string of the molecule is Cc1ccc(C(=O)NCCC(=O)N(C)CCC2CCCCO2)cc1. The van der Waals surface area contributed by atoms with Gasteiger partial charge in [0.1, 0.15) is 0 Å². The fourth-order valence-corrected chi connectivity index (χ4v) is 2.78. The summed E-state index contributed by atoms with van der Waals surface area (Å²) >= 11 is 0. The number of carbonyl (C=O) groups is 2. The third-order valence-electron chi connectivity index (χ3n) is 4.42. The summed E-state index contributed by atoms with van der Waals surface area (Å²) in [6.45, 7) is 3.88. The second-order valence-electron chi connectivity index (χ2n) is 6.46. The summed E-state index contributed by atoms with van der Waals surface area (Å²) in [5.41, 5.74) is 1.74. The summed E-state index contributed by atoms with van der Waals surface area (Å²) in [4.78, 5) is 25.8. The molecule has 0 aromatic heterocycles. The maximum Gasteiger partial charge on any atom is 0.251 e. The largest absolute Gasteiger partial charge is 0.378 e. The number of benzene rings is 1. The highest BCUT2D eigenvalue weighted by atomic mass is 16.5. The summed E-state index contributed by atoms with van der Waals surface area (Å²) in [6, 6.07) is 7.40. The zero-order chi connectivity index (χ0) is 17.4. The van der Waals surface area contributed by atoms with Crippen LogP contribution in [-0.2, 0) is 9.53 Å². The normalized spacial score (nSPS) is 17.3.